The van der Waals surface area contributed by atoms with Gasteiger partial charge in [0.05, 0.1) is 17.8 Å². The molecule has 204 valence electrons. The van der Waals surface area contributed by atoms with Crippen LogP contribution in [0.25, 0.3) is 0 Å². The number of amides is 3. The largest absolute Gasteiger partial charge is 0.339 e. The SMILES string of the molecule is O=C(C1CNCCNC1)N1CCN(C(=O)C2CNCCNC2)CCN(C(=O)C2CNCCNC2)CC1. The highest BCUT2D eigenvalue weighted by Crippen LogP contribution is 2.12. The van der Waals surface area contributed by atoms with Crippen molar-refractivity contribution in [1.29, 1.82) is 0 Å². The molecule has 4 rings (SSSR count). The maximum atomic E-state index is 13.5. The zero-order valence-electron chi connectivity index (χ0n) is 21.5. The fourth-order valence-electron chi connectivity index (χ4n) is 5.42. The van der Waals surface area contributed by atoms with E-state index in [1.165, 1.54) is 0 Å². The molecular formula is C24H45N9O3. The van der Waals surface area contributed by atoms with Crippen molar-refractivity contribution < 1.29 is 14.4 Å². The molecule has 0 unspecified atom stereocenters. The van der Waals surface area contributed by atoms with Gasteiger partial charge >= 0.3 is 0 Å². The molecule has 12 nitrogen and oxygen atoms in total. The first-order valence-electron chi connectivity index (χ1n) is 13.7. The normalized spacial score (nSPS) is 25.2. The summed E-state index contributed by atoms with van der Waals surface area (Å²) in [6.07, 6.45) is 0. The molecule has 4 aliphatic heterocycles. The molecule has 0 saturated carbocycles. The van der Waals surface area contributed by atoms with Gasteiger partial charge in [0, 0.05) is 118 Å². The van der Waals surface area contributed by atoms with Crippen molar-refractivity contribution in [3.05, 3.63) is 0 Å². The van der Waals surface area contributed by atoms with E-state index in [0.717, 1.165) is 39.3 Å². The van der Waals surface area contributed by atoms with Crippen molar-refractivity contribution in [3.8, 4) is 0 Å². The lowest BCUT2D eigenvalue weighted by Gasteiger charge is -2.30. The zero-order chi connectivity index (χ0) is 25.2. The van der Waals surface area contributed by atoms with Crippen molar-refractivity contribution in [3.63, 3.8) is 0 Å². The van der Waals surface area contributed by atoms with Gasteiger partial charge in [0.15, 0.2) is 0 Å². The third kappa shape index (κ3) is 7.59. The van der Waals surface area contributed by atoms with Crippen LogP contribution in [-0.2, 0) is 14.4 Å². The number of nitrogens with zero attached hydrogens (tertiary/aromatic N) is 3. The first-order valence-corrected chi connectivity index (χ1v) is 13.7. The minimum absolute atomic E-state index is 0.0918. The van der Waals surface area contributed by atoms with Crippen LogP contribution in [-0.4, -0.2) is 150 Å². The van der Waals surface area contributed by atoms with Crippen LogP contribution >= 0.6 is 0 Å². The highest BCUT2D eigenvalue weighted by Gasteiger charge is 2.32. The monoisotopic (exact) mass is 507 g/mol. The quantitative estimate of drug-likeness (QED) is 0.226. The number of rotatable bonds is 3. The van der Waals surface area contributed by atoms with E-state index in [9.17, 15) is 14.4 Å². The molecule has 12 heteroatoms. The van der Waals surface area contributed by atoms with Gasteiger partial charge in [-0.2, -0.15) is 0 Å². The highest BCUT2D eigenvalue weighted by molar-refractivity contribution is 5.82. The van der Waals surface area contributed by atoms with Gasteiger partial charge in [-0.05, 0) is 0 Å². The second-order valence-corrected chi connectivity index (χ2v) is 10.3. The zero-order valence-corrected chi connectivity index (χ0v) is 21.5. The maximum Gasteiger partial charge on any atom is 0.228 e. The van der Waals surface area contributed by atoms with E-state index in [-0.39, 0.29) is 35.5 Å². The highest BCUT2D eigenvalue weighted by atomic mass is 16.2. The smallest absolute Gasteiger partial charge is 0.228 e. The second-order valence-electron chi connectivity index (χ2n) is 10.3. The Labute approximate surface area is 214 Å². The summed E-state index contributed by atoms with van der Waals surface area (Å²) in [5.74, 6) is -0.163. The van der Waals surface area contributed by atoms with E-state index in [2.05, 4.69) is 31.9 Å². The molecule has 4 aliphatic rings. The Hall–Kier alpha value is -1.83. The third-order valence-corrected chi connectivity index (χ3v) is 7.68. The van der Waals surface area contributed by atoms with Gasteiger partial charge < -0.3 is 46.6 Å². The molecule has 36 heavy (non-hydrogen) atoms. The van der Waals surface area contributed by atoms with E-state index >= 15 is 0 Å². The maximum absolute atomic E-state index is 13.5. The molecule has 4 fully saturated rings. The lowest BCUT2D eigenvalue weighted by atomic mass is 10.1. The van der Waals surface area contributed by atoms with Gasteiger partial charge in [0.1, 0.15) is 0 Å². The van der Waals surface area contributed by atoms with E-state index in [0.29, 0.717) is 78.5 Å². The first-order chi connectivity index (χ1) is 17.6. The van der Waals surface area contributed by atoms with Gasteiger partial charge in [0.2, 0.25) is 17.7 Å². The van der Waals surface area contributed by atoms with Gasteiger partial charge in [-0.1, -0.05) is 0 Å². The van der Waals surface area contributed by atoms with Crippen LogP contribution in [0.15, 0.2) is 0 Å². The predicted octanol–water partition coefficient (Wildman–Crippen LogP) is -4.09. The van der Waals surface area contributed by atoms with Crippen molar-refractivity contribution in [1.82, 2.24) is 46.6 Å². The average Bonchev–Trinajstić information content (AvgIpc) is 3.41. The Balaban J connectivity index is 1.48. The molecular weight excluding hydrogens is 462 g/mol. The van der Waals surface area contributed by atoms with E-state index in [1.807, 2.05) is 14.7 Å². The van der Waals surface area contributed by atoms with Crippen molar-refractivity contribution >= 4 is 17.7 Å². The summed E-state index contributed by atoms with van der Waals surface area (Å²) in [5, 5.41) is 20.1. The summed E-state index contributed by atoms with van der Waals surface area (Å²) in [6.45, 7) is 11.9. The summed E-state index contributed by atoms with van der Waals surface area (Å²) in [4.78, 5) is 46.2. The molecule has 0 aromatic rings. The molecule has 0 bridgehead atoms. The van der Waals surface area contributed by atoms with Gasteiger partial charge in [-0.25, -0.2) is 0 Å². The van der Waals surface area contributed by atoms with Crippen molar-refractivity contribution in [2.24, 2.45) is 17.8 Å². The minimum atomic E-state index is -0.146. The molecule has 4 saturated heterocycles. The lowest BCUT2D eigenvalue weighted by molar-refractivity contribution is -0.138. The van der Waals surface area contributed by atoms with Crippen LogP contribution in [0.4, 0.5) is 0 Å². The summed E-state index contributed by atoms with van der Waals surface area (Å²) >= 11 is 0. The number of hydrogen-bond donors (Lipinski definition) is 6. The average molecular weight is 508 g/mol. The molecule has 0 aromatic carbocycles. The van der Waals surface area contributed by atoms with Crippen LogP contribution < -0.4 is 31.9 Å². The van der Waals surface area contributed by atoms with Crippen LogP contribution in [0.3, 0.4) is 0 Å². The standard InChI is InChI=1S/C24H45N9O3/c34-22(19-13-25-1-2-26-14-19)31-7-9-32(23(35)20-15-27-3-4-28-16-20)11-12-33(10-8-31)24(36)21-17-29-5-6-30-18-21/h19-21,25-30H,1-18H2. The molecule has 0 aliphatic carbocycles. The predicted molar refractivity (Wildman–Crippen MR) is 137 cm³/mol. The first kappa shape index (κ1) is 27.2. The van der Waals surface area contributed by atoms with Crippen LogP contribution in [0, 0.1) is 17.8 Å². The van der Waals surface area contributed by atoms with E-state index in [4.69, 9.17) is 0 Å². The Morgan fingerprint density at radius 3 is 0.778 bits per heavy atom. The van der Waals surface area contributed by atoms with Crippen molar-refractivity contribution in [2.75, 3.05) is 118 Å². The fraction of sp³-hybridized carbons (Fsp3) is 0.875. The molecule has 3 amide bonds. The summed E-state index contributed by atoms with van der Waals surface area (Å²) in [7, 11) is 0. The molecule has 0 aromatic heterocycles. The van der Waals surface area contributed by atoms with Crippen molar-refractivity contribution in [2.45, 2.75) is 0 Å². The van der Waals surface area contributed by atoms with Crippen LogP contribution in [0.2, 0.25) is 0 Å². The third-order valence-electron chi connectivity index (χ3n) is 7.68. The van der Waals surface area contributed by atoms with E-state index in [1.54, 1.807) is 0 Å². The summed E-state index contributed by atoms with van der Waals surface area (Å²) in [6, 6.07) is 0. The summed E-state index contributed by atoms with van der Waals surface area (Å²) < 4.78 is 0. The number of carbonyl (C=O) groups excluding carboxylic acids is 3. The Bertz CT molecular complexity index is 609. The molecule has 6 N–H and O–H groups in total. The molecule has 0 radical (unpaired) electrons. The Morgan fingerprint density at radius 1 is 0.389 bits per heavy atom. The number of hydrogen-bond acceptors (Lipinski definition) is 9. The topological polar surface area (TPSA) is 133 Å². The number of carbonyl (C=O) groups is 3. The minimum Gasteiger partial charge on any atom is -0.339 e. The van der Waals surface area contributed by atoms with Gasteiger partial charge in [0.25, 0.3) is 0 Å². The lowest BCUT2D eigenvalue weighted by Crippen LogP contribution is -2.48. The molecule has 0 atom stereocenters. The fourth-order valence-corrected chi connectivity index (χ4v) is 5.42. The second kappa shape index (κ2) is 14.2. The molecule has 0 spiro atoms. The van der Waals surface area contributed by atoms with E-state index < -0.39 is 0 Å². The Kier molecular flexibility index (Phi) is 10.7. The molecule has 4 heterocycles. The number of nitrogens with one attached hydrogen (secondary N) is 6. The van der Waals surface area contributed by atoms with Gasteiger partial charge in [-0.15, -0.1) is 0 Å². The summed E-state index contributed by atoms with van der Waals surface area (Å²) in [5.41, 5.74) is 0. The Morgan fingerprint density at radius 2 is 0.583 bits per heavy atom. The van der Waals surface area contributed by atoms with Gasteiger partial charge in [-0.3, -0.25) is 14.4 Å². The van der Waals surface area contributed by atoms with Crippen LogP contribution in [0.1, 0.15) is 0 Å². The van der Waals surface area contributed by atoms with Crippen LogP contribution in [0.5, 0.6) is 0 Å².